The number of H-pyrrole nitrogens is 1. The quantitative estimate of drug-likeness (QED) is 0.216. The van der Waals surface area contributed by atoms with Crippen LogP contribution in [-0.4, -0.2) is 88.4 Å². The van der Waals surface area contributed by atoms with Crippen LogP contribution < -0.4 is 16.1 Å². The average molecular weight is 633 g/mol. The first kappa shape index (κ1) is 33.2. The van der Waals surface area contributed by atoms with Crippen LogP contribution in [0.1, 0.15) is 61.7 Å². The third kappa shape index (κ3) is 7.48. The van der Waals surface area contributed by atoms with Gasteiger partial charge < -0.3 is 9.84 Å². The summed E-state index contributed by atoms with van der Waals surface area (Å²) in [6.45, 7) is 3.95. The molecule has 9 nitrogen and oxygen atoms in total. The van der Waals surface area contributed by atoms with E-state index in [0.717, 1.165) is 65.7 Å². The molecule has 0 radical (unpaired) electrons. The molecule has 228 valence electrons. The summed E-state index contributed by atoms with van der Waals surface area (Å²) < 4.78 is 12.4. The van der Waals surface area contributed by atoms with Crippen LogP contribution in [0.3, 0.4) is 0 Å². The number of benzene rings is 3. The third-order valence-electron chi connectivity index (χ3n) is 8.24. The molecule has 2 atom stereocenters. The number of aromatic nitrogens is 4. The number of rotatable bonds is 9. The average Bonchev–Trinajstić information content (AvgIpc) is 3.47. The van der Waals surface area contributed by atoms with E-state index in [-0.39, 0.29) is 63.0 Å². The van der Waals surface area contributed by atoms with Gasteiger partial charge in [-0.15, -0.1) is 0 Å². The maximum absolute atomic E-state index is 14.0. The molecule has 1 aliphatic rings. The minimum absolute atomic E-state index is 0. The van der Waals surface area contributed by atoms with Gasteiger partial charge in [0.05, 0.1) is 17.5 Å². The molecule has 2 heterocycles. The van der Waals surface area contributed by atoms with Gasteiger partial charge >= 0.3 is 57.1 Å². The van der Waals surface area contributed by atoms with E-state index in [4.69, 9.17) is 14.2 Å². The molecular formula is C35H37KN4O5. The predicted octanol–water partition coefficient (Wildman–Crippen LogP) is 5.13. The fraction of sp³-hybridized carbons (Fsp3) is 0.314. The topological polar surface area (TPSA) is 123 Å². The second-order valence-corrected chi connectivity index (χ2v) is 11.3. The van der Waals surface area contributed by atoms with Crippen molar-refractivity contribution in [1.29, 1.82) is 0 Å². The summed E-state index contributed by atoms with van der Waals surface area (Å²) in [5, 5.41) is 14.1. The van der Waals surface area contributed by atoms with Crippen molar-refractivity contribution >= 4 is 51.4 Å². The first-order valence-corrected chi connectivity index (χ1v) is 15.2. The van der Waals surface area contributed by atoms with Gasteiger partial charge in [0, 0.05) is 17.5 Å². The van der Waals surface area contributed by atoms with E-state index in [1.54, 1.807) is 4.57 Å². The van der Waals surface area contributed by atoms with Crippen molar-refractivity contribution in [3.05, 3.63) is 116 Å². The second-order valence-electron chi connectivity index (χ2n) is 11.3. The molecule has 3 aromatic carbocycles. The van der Waals surface area contributed by atoms with E-state index in [1.807, 2.05) is 79.7 Å². The van der Waals surface area contributed by atoms with Crippen LogP contribution in [0.2, 0.25) is 0 Å². The van der Waals surface area contributed by atoms with Crippen molar-refractivity contribution in [1.82, 2.24) is 19.7 Å². The Balaban J connectivity index is 0.00000400. The number of hydrogen-bond donors (Lipinski definition) is 2. The predicted molar refractivity (Wildman–Crippen MR) is 175 cm³/mol. The summed E-state index contributed by atoms with van der Waals surface area (Å²) in [7, 11) is 0. The van der Waals surface area contributed by atoms with Gasteiger partial charge in [-0.2, -0.15) is 0 Å². The molecule has 1 fully saturated rings. The molecule has 45 heavy (non-hydrogen) atoms. The Hall–Kier alpha value is -3.12. The van der Waals surface area contributed by atoms with Crippen molar-refractivity contribution in [2.75, 3.05) is 0 Å². The number of aromatic amines is 1. The van der Waals surface area contributed by atoms with Crippen LogP contribution in [0.5, 0.6) is 5.75 Å². The summed E-state index contributed by atoms with van der Waals surface area (Å²) in [6.07, 6.45) is 5.05. The van der Waals surface area contributed by atoms with Crippen LogP contribution in [0, 0.1) is 6.92 Å². The van der Waals surface area contributed by atoms with Gasteiger partial charge in [-0.1, -0.05) is 73.5 Å². The Kier molecular flexibility index (Phi) is 11.1. The van der Waals surface area contributed by atoms with Crippen LogP contribution in [-0.2, 0) is 12.8 Å². The molecule has 0 bridgehead atoms. The monoisotopic (exact) mass is 632 g/mol. The standard InChI is InChI=1S/C35H36N4O5.K.H/c1-3-8-30-29(21-23-13-15-24(16-14-23)27-9-4-5-10-28(27)33-37-35(42)44-38-33)34(41)39(22(2)36-30)25-17-19-26(20-18-25)43-32-12-7-6-11-31(32)40;;/h4-5,9-10,13-20,31-32,40H,3,6-8,11-12,21H2,1-2H3,(H,37,38,42);;/t31-,32-;;/m0../s1. The number of nitrogens with one attached hydrogen (secondary N) is 1. The van der Waals surface area contributed by atoms with Gasteiger partial charge in [-0.05, 0) is 73.6 Å². The molecule has 2 N–H and O–H groups in total. The van der Waals surface area contributed by atoms with Crippen LogP contribution in [0.4, 0.5) is 0 Å². The number of aliphatic hydroxyl groups excluding tert-OH is 1. The summed E-state index contributed by atoms with van der Waals surface area (Å²) in [5.74, 6) is 1.08. The maximum atomic E-state index is 14.0. The van der Waals surface area contributed by atoms with Crippen LogP contribution in [0.25, 0.3) is 28.2 Å². The molecule has 5 aromatic rings. The second kappa shape index (κ2) is 15.0. The molecule has 10 heteroatoms. The van der Waals surface area contributed by atoms with Gasteiger partial charge in [-0.25, -0.2) is 9.78 Å². The van der Waals surface area contributed by atoms with Crippen LogP contribution >= 0.6 is 0 Å². The zero-order valence-corrected chi connectivity index (χ0v) is 25.0. The van der Waals surface area contributed by atoms with E-state index in [0.29, 0.717) is 35.8 Å². The summed E-state index contributed by atoms with van der Waals surface area (Å²) in [4.78, 5) is 33.1. The molecule has 0 saturated heterocycles. The van der Waals surface area contributed by atoms with Crippen LogP contribution in [0.15, 0.2) is 86.9 Å². The molecule has 6 rings (SSSR count). The Labute approximate surface area is 304 Å². The summed E-state index contributed by atoms with van der Waals surface area (Å²) >= 11 is 0. The number of aliphatic hydroxyl groups is 1. The van der Waals surface area contributed by atoms with Crippen molar-refractivity contribution in [2.45, 2.75) is 71.0 Å². The van der Waals surface area contributed by atoms with Gasteiger partial charge in [0.15, 0.2) is 5.82 Å². The van der Waals surface area contributed by atoms with E-state index in [2.05, 4.69) is 17.1 Å². The Morgan fingerprint density at radius 2 is 1.69 bits per heavy atom. The number of nitrogens with zero attached hydrogens (tertiary/aromatic N) is 3. The Morgan fingerprint density at radius 1 is 0.978 bits per heavy atom. The zero-order valence-electron chi connectivity index (χ0n) is 25.0. The molecule has 2 aromatic heterocycles. The summed E-state index contributed by atoms with van der Waals surface area (Å²) in [6, 6.07) is 23.2. The zero-order chi connectivity index (χ0) is 30.6. The Bertz CT molecular complexity index is 1860. The van der Waals surface area contributed by atoms with Crippen molar-refractivity contribution in [3.8, 4) is 34.0 Å². The molecular weight excluding hydrogens is 596 g/mol. The van der Waals surface area contributed by atoms with E-state index in [1.165, 1.54) is 0 Å². The fourth-order valence-corrected chi connectivity index (χ4v) is 6.00. The van der Waals surface area contributed by atoms with Gasteiger partial charge in [0.2, 0.25) is 0 Å². The van der Waals surface area contributed by atoms with Crippen molar-refractivity contribution < 1.29 is 14.4 Å². The Morgan fingerprint density at radius 3 is 2.36 bits per heavy atom. The SMILES string of the molecule is CCCc1nc(C)n(-c2ccc(O[C@H]3CCCC[C@@H]3O)cc2)c(=O)c1Cc1ccc(-c2ccccc2-c2noc(=O)[nH]2)cc1.[KH]. The molecule has 1 aliphatic carbocycles. The molecule has 0 unspecified atom stereocenters. The van der Waals surface area contributed by atoms with Gasteiger partial charge in [0.1, 0.15) is 17.7 Å². The first-order valence-electron chi connectivity index (χ1n) is 15.2. The first-order chi connectivity index (χ1) is 21.4. The van der Waals surface area contributed by atoms with Crippen molar-refractivity contribution in [2.24, 2.45) is 0 Å². The fourth-order valence-electron chi connectivity index (χ4n) is 6.00. The molecule has 0 spiro atoms. The minimum atomic E-state index is -0.603. The third-order valence-corrected chi connectivity index (χ3v) is 8.24. The number of ether oxygens (including phenoxy) is 1. The van der Waals surface area contributed by atoms with Crippen molar-refractivity contribution in [3.63, 3.8) is 0 Å². The molecule has 1 saturated carbocycles. The number of hydrogen-bond acceptors (Lipinski definition) is 7. The summed E-state index contributed by atoms with van der Waals surface area (Å²) in [5.41, 5.74) is 5.74. The van der Waals surface area contributed by atoms with E-state index >= 15 is 0 Å². The van der Waals surface area contributed by atoms with Gasteiger partial charge in [-0.3, -0.25) is 18.9 Å². The van der Waals surface area contributed by atoms with Gasteiger partial charge in [0.25, 0.3) is 5.56 Å². The molecule has 0 amide bonds. The van der Waals surface area contributed by atoms with E-state index < -0.39 is 11.9 Å². The molecule has 0 aliphatic heterocycles. The normalized spacial score (nSPS) is 16.2. The number of aryl methyl sites for hydroxylation is 2. The van der Waals surface area contributed by atoms with E-state index in [9.17, 15) is 14.7 Å².